The summed E-state index contributed by atoms with van der Waals surface area (Å²) in [5.74, 6) is 1.57. The number of nitrogens with zero attached hydrogens (tertiary/aromatic N) is 3. The average Bonchev–Trinajstić information content (AvgIpc) is 4.04. The highest BCUT2D eigenvalue weighted by atomic mass is 16.3. The smallest absolute Gasteiger partial charge is 0.162 e. The van der Waals surface area contributed by atoms with E-state index in [9.17, 15) is 0 Å². The molecule has 2 aliphatic rings. The van der Waals surface area contributed by atoms with Gasteiger partial charge in [0.25, 0.3) is 0 Å². The zero-order valence-corrected chi connectivity index (χ0v) is 32.8. The second-order valence-corrected chi connectivity index (χ2v) is 16.4. The lowest BCUT2D eigenvalue weighted by atomic mass is 9.70. The van der Waals surface area contributed by atoms with Gasteiger partial charge in [0.05, 0.1) is 22.0 Å². The molecule has 0 fully saturated rings. The third-order valence-electron chi connectivity index (χ3n) is 13.4. The molecule has 0 amide bonds. The van der Waals surface area contributed by atoms with Gasteiger partial charge < -0.3 is 4.42 Å². The lowest BCUT2D eigenvalue weighted by Crippen LogP contribution is -2.25. The number of hydrogen-bond acceptors (Lipinski definition) is 3. The summed E-state index contributed by atoms with van der Waals surface area (Å²) >= 11 is 0. The van der Waals surface area contributed by atoms with E-state index in [4.69, 9.17) is 14.4 Å². The number of benzene rings is 9. The van der Waals surface area contributed by atoms with Gasteiger partial charge in [-0.1, -0.05) is 152 Å². The van der Waals surface area contributed by atoms with E-state index in [-0.39, 0.29) is 0 Å². The van der Waals surface area contributed by atoms with Crippen LogP contribution in [0.25, 0.3) is 105 Å². The summed E-state index contributed by atoms with van der Waals surface area (Å²) < 4.78 is 8.52. The van der Waals surface area contributed by atoms with Crippen LogP contribution < -0.4 is 0 Å². The minimum absolute atomic E-state index is 0.450. The summed E-state index contributed by atoms with van der Waals surface area (Å²) in [6.07, 6.45) is 0. The van der Waals surface area contributed by atoms with E-state index in [1.54, 1.807) is 0 Å². The molecule has 12 aromatic rings. The molecule has 0 saturated heterocycles. The first-order chi connectivity index (χ1) is 30.3. The molecule has 0 aliphatic heterocycles. The quantitative estimate of drug-likeness (QED) is 0.180. The van der Waals surface area contributed by atoms with Crippen LogP contribution in [0, 0.1) is 0 Å². The van der Waals surface area contributed by atoms with Crippen molar-refractivity contribution in [1.82, 2.24) is 14.5 Å². The first-order valence-electron chi connectivity index (χ1n) is 20.9. The monoisotopic (exact) mass is 775 g/mol. The molecule has 3 heterocycles. The molecular formula is C57H33N3O. The summed E-state index contributed by atoms with van der Waals surface area (Å²) in [5, 5.41) is 5.60. The van der Waals surface area contributed by atoms with Crippen LogP contribution in [0.15, 0.2) is 205 Å². The van der Waals surface area contributed by atoms with Crippen LogP contribution in [0.1, 0.15) is 22.3 Å². The summed E-state index contributed by atoms with van der Waals surface area (Å²) in [6.45, 7) is 0. The van der Waals surface area contributed by atoms with E-state index in [1.807, 2.05) is 12.1 Å². The van der Waals surface area contributed by atoms with Gasteiger partial charge in [0.2, 0.25) is 0 Å². The van der Waals surface area contributed by atoms with Crippen LogP contribution >= 0.6 is 0 Å². The van der Waals surface area contributed by atoms with E-state index < -0.39 is 5.41 Å². The predicted molar refractivity (Wildman–Crippen MR) is 248 cm³/mol. The van der Waals surface area contributed by atoms with Crippen LogP contribution in [0.5, 0.6) is 0 Å². The summed E-state index contributed by atoms with van der Waals surface area (Å²) in [6, 6.07) is 72.4. The van der Waals surface area contributed by atoms with Crippen molar-refractivity contribution < 1.29 is 4.42 Å². The van der Waals surface area contributed by atoms with Crippen LogP contribution in [-0.2, 0) is 5.41 Å². The Morgan fingerprint density at radius 1 is 0.377 bits per heavy atom. The van der Waals surface area contributed by atoms with Crippen molar-refractivity contribution in [2.75, 3.05) is 0 Å². The van der Waals surface area contributed by atoms with Crippen molar-refractivity contribution in [3.05, 3.63) is 222 Å². The Morgan fingerprint density at radius 3 is 1.74 bits per heavy atom. The van der Waals surface area contributed by atoms with Crippen molar-refractivity contribution >= 4 is 54.6 Å². The number of fused-ring (bicyclic) bond motifs is 17. The van der Waals surface area contributed by atoms with Gasteiger partial charge in [0.1, 0.15) is 17.0 Å². The minimum atomic E-state index is -0.450. The Bertz CT molecular complexity index is 3800. The SMILES string of the molecule is c1ccc2c(c1)-c1ccccc1C21c2ccccc2-c2c(-c3nc(-n4c5ccccc5c5cc(-c6ccc7oc8ccccc8c7c6)ccc54)c4ccccc4n3)cccc21. The molecule has 0 saturated carbocycles. The van der Waals surface area contributed by atoms with E-state index in [0.717, 1.165) is 66.4 Å². The van der Waals surface area contributed by atoms with Gasteiger partial charge >= 0.3 is 0 Å². The van der Waals surface area contributed by atoms with Crippen LogP contribution in [-0.4, -0.2) is 14.5 Å². The predicted octanol–water partition coefficient (Wildman–Crippen LogP) is 14.3. The molecule has 0 bridgehead atoms. The maximum atomic E-state index is 6.18. The molecule has 1 spiro atoms. The van der Waals surface area contributed by atoms with E-state index in [2.05, 4.69) is 193 Å². The second-order valence-electron chi connectivity index (χ2n) is 16.4. The Labute approximate surface area is 350 Å². The number of rotatable bonds is 3. The minimum Gasteiger partial charge on any atom is -0.456 e. The van der Waals surface area contributed by atoms with Gasteiger partial charge in [-0.3, -0.25) is 4.57 Å². The average molecular weight is 776 g/mol. The third kappa shape index (κ3) is 4.28. The molecule has 14 rings (SSSR count). The molecule has 4 nitrogen and oxygen atoms in total. The van der Waals surface area contributed by atoms with Gasteiger partial charge in [0, 0.05) is 32.5 Å². The Balaban J connectivity index is 1.01. The van der Waals surface area contributed by atoms with E-state index >= 15 is 0 Å². The second kappa shape index (κ2) is 12.0. The third-order valence-corrected chi connectivity index (χ3v) is 13.4. The molecule has 4 heteroatoms. The molecule has 0 radical (unpaired) electrons. The summed E-state index contributed by atoms with van der Waals surface area (Å²) in [7, 11) is 0. The van der Waals surface area contributed by atoms with E-state index in [1.165, 1.54) is 55.3 Å². The maximum absolute atomic E-state index is 6.18. The standard InChI is InChI=1S/C57H33N3O/c1-7-21-45-36(14-1)37-15-2-8-22-46(37)57(45)47-23-9-3-18-40(47)54-42(20-13-24-48(54)57)55-58-49-25-10-4-19-41(49)56(59-55)60-50-26-11-5-16-38(50)43-32-34(28-30-51(43)60)35-29-31-53-44(33-35)39-17-6-12-27-52(39)61-53/h1-33H. The molecule has 2 aliphatic carbocycles. The molecule has 0 atom stereocenters. The van der Waals surface area contributed by atoms with Crippen molar-refractivity contribution in [3.63, 3.8) is 0 Å². The number of aromatic nitrogens is 3. The Morgan fingerprint density at radius 2 is 0.934 bits per heavy atom. The van der Waals surface area contributed by atoms with Crippen LogP contribution in [0.2, 0.25) is 0 Å². The van der Waals surface area contributed by atoms with Gasteiger partial charge in [-0.25, -0.2) is 9.97 Å². The summed E-state index contributed by atoms with van der Waals surface area (Å²) in [5.41, 5.74) is 18.0. The highest BCUT2D eigenvalue weighted by molar-refractivity contribution is 6.12. The number of hydrogen-bond donors (Lipinski definition) is 0. The van der Waals surface area contributed by atoms with Crippen molar-refractivity contribution in [3.8, 4) is 50.6 Å². The lowest BCUT2D eigenvalue weighted by Gasteiger charge is -2.30. The van der Waals surface area contributed by atoms with Crippen molar-refractivity contribution in [2.45, 2.75) is 5.41 Å². The normalized spacial score (nSPS) is 13.4. The highest BCUT2D eigenvalue weighted by Crippen LogP contribution is 2.63. The zero-order valence-electron chi connectivity index (χ0n) is 32.8. The number of para-hydroxylation sites is 3. The van der Waals surface area contributed by atoms with Gasteiger partial charge in [-0.05, 0) is 104 Å². The first-order valence-corrected chi connectivity index (χ1v) is 20.9. The Hall–Kier alpha value is -8.08. The molecule has 0 N–H and O–H groups in total. The fraction of sp³-hybridized carbons (Fsp3) is 0.0175. The van der Waals surface area contributed by atoms with Crippen LogP contribution in [0.3, 0.4) is 0 Å². The molecule has 282 valence electrons. The molecule has 61 heavy (non-hydrogen) atoms. The number of furan rings is 1. The van der Waals surface area contributed by atoms with Crippen molar-refractivity contribution in [2.24, 2.45) is 0 Å². The fourth-order valence-corrected chi connectivity index (χ4v) is 11.0. The molecular weight excluding hydrogens is 743 g/mol. The molecule has 0 unspecified atom stereocenters. The molecule has 9 aromatic carbocycles. The molecule has 3 aromatic heterocycles. The van der Waals surface area contributed by atoms with Gasteiger partial charge in [-0.15, -0.1) is 0 Å². The topological polar surface area (TPSA) is 43.9 Å². The zero-order chi connectivity index (χ0) is 39.8. The largest absolute Gasteiger partial charge is 0.456 e. The van der Waals surface area contributed by atoms with Gasteiger partial charge in [-0.2, -0.15) is 0 Å². The highest BCUT2D eigenvalue weighted by Gasteiger charge is 2.52. The Kier molecular flexibility index (Phi) is 6.46. The van der Waals surface area contributed by atoms with Gasteiger partial charge in [0.15, 0.2) is 5.82 Å². The van der Waals surface area contributed by atoms with Crippen molar-refractivity contribution in [1.29, 1.82) is 0 Å². The van der Waals surface area contributed by atoms with E-state index in [0.29, 0.717) is 5.82 Å². The maximum Gasteiger partial charge on any atom is 0.162 e. The van der Waals surface area contributed by atoms with Crippen LogP contribution in [0.4, 0.5) is 0 Å². The summed E-state index contributed by atoms with van der Waals surface area (Å²) in [4.78, 5) is 11.0. The first kappa shape index (κ1) is 32.8. The lowest BCUT2D eigenvalue weighted by molar-refractivity contribution is 0.669. The fourth-order valence-electron chi connectivity index (χ4n) is 11.0.